The van der Waals surface area contributed by atoms with Crippen molar-refractivity contribution in [1.82, 2.24) is 15.0 Å². The molecule has 0 spiro atoms. The first-order chi connectivity index (χ1) is 12.1. The average Bonchev–Trinajstić information content (AvgIpc) is 2.63. The molecule has 0 atom stereocenters. The molecule has 0 amide bonds. The van der Waals surface area contributed by atoms with Crippen molar-refractivity contribution in [3.63, 3.8) is 0 Å². The van der Waals surface area contributed by atoms with Crippen LogP contribution in [0.5, 0.6) is 0 Å². The summed E-state index contributed by atoms with van der Waals surface area (Å²) in [4.78, 5) is 13.1. The number of nitrogen functional groups attached to an aromatic ring is 1. The van der Waals surface area contributed by atoms with E-state index in [0.717, 1.165) is 11.1 Å². The Hall–Kier alpha value is -3.05. The van der Waals surface area contributed by atoms with Crippen molar-refractivity contribution in [2.45, 2.75) is 0 Å². The highest BCUT2D eigenvalue weighted by Crippen LogP contribution is 2.32. The molecule has 0 unspecified atom stereocenters. The van der Waals surface area contributed by atoms with Gasteiger partial charge < -0.3 is 5.73 Å². The number of benzene rings is 1. The van der Waals surface area contributed by atoms with Gasteiger partial charge in [-0.15, -0.1) is 0 Å². The highest BCUT2D eigenvalue weighted by molar-refractivity contribution is 6.30. The van der Waals surface area contributed by atoms with Gasteiger partial charge >= 0.3 is 0 Å². The van der Waals surface area contributed by atoms with Crippen molar-refractivity contribution >= 4 is 28.5 Å². The van der Waals surface area contributed by atoms with Crippen LogP contribution in [0.25, 0.3) is 33.4 Å². The van der Waals surface area contributed by atoms with E-state index in [4.69, 9.17) is 17.3 Å². The van der Waals surface area contributed by atoms with Crippen LogP contribution in [-0.2, 0) is 0 Å². The maximum atomic E-state index is 14.3. The van der Waals surface area contributed by atoms with E-state index in [1.165, 1.54) is 12.1 Å². The van der Waals surface area contributed by atoms with Crippen molar-refractivity contribution < 1.29 is 4.39 Å². The molecule has 1 aromatic carbocycles. The summed E-state index contributed by atoms with van der Waals surface area (Å²) in [6, 6.07) is 13.4. The molecule has 6 heteroatoms. The zero-order valence-electron chi connectivity index (χ0n) is 12.9. The molecule has 0 aliphatic heterocycles. The lowest BCUT2D eigenvalue weighted by molar-refractivity contribution is 0.631. The van der Waals surface area contributed by atoms with E-state index in [2.05, 4.69) is 15.0 Å². The molecule has 4 rings (SSSR count). The quantitative estimate of drug-likeness (QED) is 0.567. The van der Waals surface area contributed by atoms with Gasteiger partial charge in [-0.2, -0.15) is 0 Å². The van der Waals surface area contributed by atoms with Crippen LogP contribution in [0.4, 0.5) is 10.2 Å². The number of nitrogens with zero attached hydrogens (tertiary/aromatic N) is 3. The predicted octanol–water partition coefficient (Wildman–Crippen LogP) is 4.73. The van der Waals surface area contributed by atoms with Gasteiger partial charge in [0.25, 0.3) is 0 Å². The SMILES string of the molecule is Nc1ccc(-c2cc(-c3cc(Cl)ccc3F)nc3cccnc23)cn1. The fourth-order valence-corrected chi connectivity index (χ4v) is 2.85. The third kappa shape index (κ3) is 2.90. The van der Waals surface area contributed by atoms with Gasteiger partial charge in [0.2, 0.25) is 0 Å². The maximum absolute atomic E-state index is 14.3. The Morgan fingerprint density at radius 3 is 2.64 bits per heavy atom. The van der Waals surface area contributed by atoms with Crippen LogP contribution in [0.1, 0.15) is 0 Å². The molecule has 4 nitrogen and oxygen atoms in total. The van der Waals surface area contributed by atoms with Gasteiger partial charge in [-0.25, -0.2) is 14.4 Å². The first-order valence-corrected chi connectivity index (χ1v) is 7.93. The predicted molar refractivity (Wildman–Crippen MR) is 97.6 cm³/mol. The molecule has 2 N–H and O–H groups in total. The number of hydrogen-bond donors (Lipinski definition) is 1. The Balaban J connectivity index is 2.01. The topological polar surface area (TPSA) is 64.7 Å². The zero-order valence-corrected chi connectivity index (χ0v) is 13.7. The molecule has 4 aromatic rings. The number of hydrogen-bond acceptors (Lipinski definition) is 4. The number of anilines is 1. The highest BCUT2D eigenvalue weighted by atomic mass is 35.5. The van der Waals surface area contributed by atoms with E-state index in [1.807, 2.05) is 12.1 Å². The number of pyridine rings is 3. The van der Waals surface area contributed by atoms with Crippen molar-refractivity contribution in [1.29, 1.82) is 0 Å². The molecule has 0 aliphatic carbocycles. The lowest BCUT2D eigenvalue weighted by atomic mass is 10.0. The van der Waals surface area contributed by atoms with Crippen LogP contribution in [0.3, 0.4) is 0 Å². The van der Waals surface area contributed by atoms with Gasteiger partial charge in [-0.05, 0) is 48.5 Å². The fraction of sp³-hybridized carbons (Fsp3) is 0. The molecule has 0 fully saturated rings. The summed E-state index contributed by atoms with van der Waals surface area (Å²) in [6.07, 6.45) is 3.36. The summed E-state index contributed by atoms with van der Waals surface area (Å²) in [5.74, 6) is 0.0395. The van der Waals surface area contributed by atoms with E-state index in [9.17, 15) is 4.39 Å². The summed E-state index contributed by atoms with van der Waals surface area (Å²) >= 11 is 6.03. The molecule has 0 saturated heterocycles. The van der Waals surface area contributed by atoms with Crippen LogP contribution >= 0.6 is 11.6 Å². The van der Waals surface area contributed by atoms with Crippen LogP contribution in [0, 0.1) is 5.82 Å². The van der Waals surface area contributed by atoms with Crippen LogP contribution in [-0.4, -0.2) is 15.0 Å². The Morgan fingerprint density at radius 2 is 1.84 bits per heavy atom. The van der Waals surface area contributed by atoms with E-state index in [1.54, 1.807) is 36.7 Å². The number of fused-ring (bicyclic) bond motifs is 1. The van der Waals surface area contributed by atoms with Gasteiger partial charge in [0.1, 0.15) is 11.6 Å². The van der Waals surface area contributed by atoms with Gasteiger partial charge in [0, 0.05) is 34.1 Å². The third-order valence-electron chi connectivity index (χ3n) is 3.87. The molecule has 3 aromatic heterocycles. The fourth-order valence-electron chi connectivity index (χ4n) is 2.68. The summed E-state index contributed by atoms with van der Waals surface area (Å²) in [5, 5.41) is 0.445. The van der Waals surface area contributed by atoms with Gasteiger partial charge in [0.05, 0.1) is 16.7 Å². The standard InChI is InChI=1S/C19H12ClFN4/c20-12-4-5-15(21)14(8-12)17-9-13(11-3-6-18(22)24-10-11)19-16(25-17)2-1-7-23-19/h1-10H,(H2,22,24). The number of aromatic nitrogens is 3. The zero-order chi connectivity index (χ0) is 17.4. The van der Waals surface area contributed by atoms with Crippen LogP contribution in [0.2, 0.25) is 5.02 Å². The van der Waals surface area contributed by atoms with E-state index >= 15 is 0 Å². The summed E-state index contributed by atoms with van der Waals surface area (Å²) < 4.78 is 14.3. The number of halogens is 2. The van der Waals surface area contributed by atoms with Crippen molar-refractivity contribution in [3.8, 4) is 22.4 Å². The lowest BCUT2D eigenvalue weighted by Gasteiger charge is -2.10. The monoisotopic (exact) mass is 350 g/mol. The second-order valence-corrected chi connectivity index (χ2v) is 5.96. The van der Waals surface area contributed by atoms with E-state index in [0.29, 0.717) is 33.1 Å². The molecule has 3 heterocycles. The largest absolute Gasteiger partial charge is 0.384 e. The molecule has 122 valence electrons. The summed E-state index contributed by atoms with van der Waals surface area (Å²) in [6.45, 7) is 0. The Morgan fingerprint density at radius 1 is 0.960 bits per heavy atom. The number of rotatable bonds is 2. The van der Waals surface area contributed by atoms with E-state index in [-0.39, 0.29) is 5.82 Å². The minimum atomic E-state index is -0.387. The molecule has 25 heavy (non-hydrogen) atoms. The van der Waals surface area contributed by atoms with Crippen LogP contribution < -0.4 is 5.73 Å². The van der Waals surface area contributed by atoms with Crippen LogP contribution in [0.15, 0.2) is 60.9 Å². The van der Waals surface area contributed by atoms with Crippen molar-refractivity contribution in [3.05, 3.63) is 71.8 Å². The lowest BCUT2D eigenvalue weighted by Crippen LogP contribution is -1.95. The number of nitrogens with two attached hydrogens (primary N) is 1. The minimum Gasteiger partial charge on any atom is -0.384 e. The molecule has 0 radical (unpaired) electrons. The Kier molecular flexibility index (Phi) is 3.78. The molecular formula is C19H12ClFN4. The highest BCUT2D eigenvalue weighted by Gasteiger charge is 2.13. The maximum Gasteiger partial charge on any atom is 0.132 e. The van der Waals surface area contributed by atoms with E-state index < -0.39 is 0 Å². The molecule has 0 aliphatic rings. The van der Waals surface area contributed by atoms with Gasteiger partial charge in [-0.3, -0.25) is 4.98 Å². The third-order valence-corrected chi connectivity index (χ3v) is 4.10. The minimum absolute atomic E-state index is 0.336. The average molecular weight is 351 g/mol. The molecular weight excluding hydrogens is 339 g/mol. The van der Waals surface area contributed by atoms with Crippen molar-refractivity contribution in [2.24, 2.45) is 0 Å². The molecule has 0 saturated carbocycles. The second kappa shape index (κ2) is 6.11. The summed E-state index contributed by atoms with van der Waals surface area (Å²) in [7, 11) is 0. The normalized spacial score (nSPS) is 11.0. The first kappa shape index (κ1) is 15.5. The Labute approximate surface area is 148 Å². The Bertz CT molecular complexity index is 1080. The van der Waals surface area contributed by atoms with Gasteiger partial charge in [0.15, 0.2) is 0 Å². The molecule has 0 bridgehead atoms. The van der Waals surface area contributed by atoms with Gasteiger partial charge in [-0.1, -0.05) is 11.6 Å². The van der Waals surface area contributed by atoms with Crippen molar-refractivity contribution in [2.75, 3.05) is 5.73 Å². The first-order valence-electron chi connectivity index (χ1n) is 7.55. The second-order valence-electron chi connectivity index (χ2n) is 5.52. The summed E-state index contributed by atoms with van der Waals surface area (Å²) in [5.41, 5.74) is 9.48. The smallest absolute Gasteiger partial charge is 0.132 e.